The molecular weight excluding hydrogens is 278 g/mol. The van der Waals surface area contributed by atoms with Crippen LogP contribution in [0.4, 0.5) is 0 Å². The van der Waals surface area contributed by atoms with Gasteiger partial charge in [-0.25, -0.2) is 8.42 Å². The summed E-state index contributed by atoms with van der Waals surface area (Å²) >= 11 is 0. The Kier molecular flexibility index (Phi) is 4.25. The molecule has 20 heavy (non-hydrogen) atoms. The number of carbonyl (C=O) groups excluding carboxylic acids is 1. The predicted octanol–water partition coefficient (Wildman–Crippen LogP) is 1.49. The number of nitrogens with zero attached hydrogens (tertiary/aromatic N) is 1. The molecule has 0 amide bonds. The largest absolute Gasteiger partial charge is 0.500 e. The number of carbonyl (C=O) groups is 1. The number of sulfonamides is 1. The van der Waals surface area contributed by atoms with Crippen LogP contribution in [-0.2, 0) is 19.6 Å². The second-order valence-electron chi connectivity index (χ2n) is 4.68. The van der Waals surface area contributed by atoms with Crippen molar-refractivity contribution >= 4 is 15.8 Å². The summed E-state index contributed by atoms with van der Waals surface area (Å²) in [7, 11) is -2.18. The van der Waals surface area contributed by atoms with Crippen molar-refractivity contribution in [2.75, 3.05) is 20.2 Å². The maximum atomic E-state index is 12.6. The number of ether oxygens (including phenoxy) is 1. The monoisotopic (exact) mass is 295 g/mol. The predicted molar refractivity (Wildman–Crippen MR) is 74.7 cm³/mol. The Morgan fingerprint density at radius 1 is 1.20 bits per heavy atom. The van der Waals surface area contributed by atoms with Gasteiger partial charge in [-0.1, -0.05) is 17.7 Å². The average molecular weight is 295 g/mol. The lowest BCUT2D eigenvalue weighted by atomic mass is 10.2. The minimum absolute atomic E-state index is 0.0818. The highest BCUT2D eigenvalue weighted by Gasteiger charge is 2.28. The van der Waals surface area contributed by atoms with Gasteiger partial charge in [-0.3, -0.25) is 4.79 Å². The minimum atomic E-state index is -3.61. The Labute approximate surface area is 118 Å². The van der Waals surface area contributed by atoms with Crippen LogP contribution < -0.4 is 0 Å². The molecule has 1 aromatic rings. The van der Waals surface area contributed by atoms with Crippen LogP contribution in [0.1, 0.15) is 12.0 Å². The van der Waals surface area contributed by atoms with Crippen LogP contribution in [0.25, 0.3) is 0 Å². The number of aryl methyl sites for hydroxylation is 1. The van der Waals surface area contributed by atoms with E-state index < -0.39 is 10.0 Å². The van der Waals surface area contributed by atoms with Crippen LogP contribution >= 0.6 is 0 Å². The number of allylic oxidation sites excluding steroid dienone is 1. The van der Waals surface area contributed by atoms with Gasteiger partial charge in [-0.2, -0.15) is 4.31 Å². The lowest BCUT2D eigenvalue weighted by molar-refractivity contribution is -0.114. The standard InChI is InChI=1S/C14H17NO4S/c1-11-3-5-14(6-4-11)20(17,18)15-8-7-12(16)9-13(10-15)19-2/h3-6,9H,7-8,10H2,1-2H3. The molecule has 1 aromatic carbocycles. The molecule has 0 fully saturated rings. The van der Waals surface area contributed by atoms with Gasteiger partial charge in [0.05, 0.1) is 18.6 Å². The van der Waals surface area contributed by atoms with E-state index in [0.717, 1.165) is 5.56 Å². The number of methoxy groups -OCH3 is 1. The molecule has 0 unspecified atom stereocenters. The van der Waals surface area contributed by atoms with Crippen molar-refractivity contribution < 1.29 is 17.9 Å². The molecule has 1 aliphatic heterocycles. The Bertz CT molecular complexity index is 632. The van der Waals surface area contributed by atoms with Gasteiger partial charge < -0.3 is 4.74 Å². The first-order chi connectivity index (χ1) is 9.43. The molecule has 0 saturated heterocycles. The third-order valence-corrected chi connectivity index (χ3v) is 5.04. The van der Waals surface area contributed by atoms with Crippen molar-refractivity contribution in [1.29, 1.82) is 0 Å². The van der Waals surface area contributed by atoms with Crippen molar-refractivity contribution in [2.24, 2.45) is 0 Å². The maximum Gasteiger partial charge on any atom is 0.243 e. The highest BCUT2D eigenvalue weighted by molar-refractivity contribution is 7.89. The van der Waals surface area contributed by atoms with Crippen LogP contribution in [0.3, 0.4) is 0 Å². The highest BCUT2D eigenvalue weighted by atomic mass is 32.2. The summed E-state index contributed by atoms with van der Waals surface area (Å²) in [4.78, 5) is 11.8. The summed E-state index contributed by atoms with van der Waals surface area (Å²) in [6.07, 6.45) is 1.53. The van der Waals surface area contributed by atoms with Gasteiger partial charge in [0.1, 0.15) is 5.76 Å². The maximum absolute atomic E-state index is 12.6. The Hall–Kier alpha value is -1.66. The van der Waals surface area contributed by atoms with Gasteiger partial charge in [0.25, 0.3) is 0 Å². The topological polar surface area (TPSA) is 63.7 Å². The van der Waals surface area contributed by atoms with E-state index in [2.05, 4.69) is 0 Å². The Balaban J connectivity index is 2.32. The van der Waals surface area contributed by atoms with E-state index in [4.69, 9.17) is 4.74 Å². The molecule has 0 saturated carbocycles. The fraction of sp³-hybridized carbons (Fsp3) is 0.357. The molecule has 6 heteroatoms. The van der Waals surface area contributed by atoms with Crippen LogP contribution in [0.2, 0.25) is 0 Å². The van der Waals surface area contributed by atoms with E-state index in [0.29, 0.717) is 5.76 Å². The summed E-state index contributed by atoms with van der Waals surface area (Å²) in [5.74, 6) is 0.242. The molecule has 2 rings (SSSR count). The van der Waals surface area contributed by atoms with Gasteiger partial charge >= 0.3 is 0 Å². The Morgan fingerprint density at radius 3 is 2.45 bits per heavy atom. The zero-order chi connectivity index (χ0) is 14.8. The van der Waals surface area contributed by atoms with Crippen molar-refractivity contribution in [1.82, 2.24) is 4.31 Å². The lowest BCUT2D eigenvalue weighted by Gasteiger charge is -2.20. The van der Waals surface area contributed by atoms with Crippen molar-refractivity contribution in [2.45, 2.75) is 18.2 Å². The van der Waals surface area contributed by atoms with E-state index in [9.17, 15) is 13.2 Å². The smallest absolute Gasteiger partial charge is 0.243 e. The number of hydrogen-bond donors (Lipinski definition) is 0. The van der Waals surface area contributed by atoms with Crippen molar-refractivity contribution in [3.05, 3.63) is 41.7 Å². The molecular formula is C14H17NO4S. The lowest BCUT2D eigenvalue weighted by Crippen LogP contribution is -2.33. The number of benzene rings is 1. The zero-order valence-electron chi connectivity index (χ0n) is 11.5. The van der Waals surface area contributed by atoms with E-state index in [1.807, 2.05) is 6.92 Å². The fourth-order valence-corrected chi connectivity index (χ4v) is 3.38. The quantitative estimate of drug-likeness (QED) is 0.847. The molecule has 0 radical (unpaired) electrons. The van der Waals surface area contributed by atoms with Crippen LogP contribution in [0.15, 0.2) is 41.0 Å². The first-order valence-corrected chi connectivity index (χ1v) is 7.71. The van der Waals surface area contributed by atoms with Gasteiger partial charge in [-0.15, -0.1) is 0 Å². The first kappa shape index (κ1) is 14.7. The molecule has 0 bridgehead atoms. The minimum Gasteiger partial charge on any atom is -0.500 e. The van der Waals surface area contributed by atoms with Crippen LogP contribution in [-0.4, -0.2) is 38.7 Å². The van der Waals surface area contributed by atoms with Gasteiger partial charge in [0, 0.05) is 19.0 Å². The van der Waals surface area contributed by atoms with Crippen molar-refractivity contribution in [3.63, 3.8) is 0 Å². The second kappa shape index (κ2) is 5.76. The van der Waals surface area contributed by atoms with E-state index in [1.165, 1.54) is 17.5 Å². The third-order valence-electron chi connectivity index (χ3n) is 3.18. The molecule has 108 valence electrons. The SMILES string of the molecule is COC1=CC(=O)CCN(S(=O)(=O)c2ccc(C)cc2)C1. The van der Waals surface area contributed by atoms with Crippen LogP contribution in [0, 0.1) is 6.92 Å². The van der Waals surface area contributed by atoms with E-state index in [-0.39, 0.29) is 30.2 Å². The van der Waals surface area contributed by atoms with E-state index >= 15 is 0 Å². The highest BCUT2D eigenvalue weighted by Crippen LogP contribution is 2.20. The van der Waals surface area contributed by atoms with E-state index in [1.54, 1.807) is 24.3 Å². The van der Waals surface area contributed by atoms with Gasteiger partial charge in [-0.05, 0) is 19.1 Å². The zero-order valence-corrected chi connectivity index (χ0v) is 12.3. The summed E-state index contributed by atoms with van der Waals surface area (Å²) < 4.78 is 31.4. The number of ketones is 1. The van der Waals surface area contributed by atoms with Crippen LogP contribution in [0.5, 0.6) is 0 Å². The summed E-state index contributed by atoms with van der Waals surface area (Å²) in [6.45, 7) is 2.14. The molecule has 1 heterocycles. The number of hydrogen-bond acceptors (Lipinski definition) is 4. The molecule has 0 N–H and O–H groups in total. The molecule has 1 aliphatic rings. The molecule has 5 nitrogen and oxygen atoms in total. The third kappa shape index (κ3) is 3.08. The molecule has 0 aliphatic carbocycles. The van der Waals surface area contributed by atoms with Gasteiger partial charge in [0.15, 0.2) is 5.78 Å². The summed E-state index contributed by atoms with van der Waals surface area (Å²) in [5, 5.41) is 0. The first-order valence-electron chi connectivity index (χ1n) is 6.27. The second-order valence-corrected chi connectivity index (χ2v) is 6.62. The van der Waals surface area contributed by atoms with Gasteiger partial charge in [0.2, 0.25) is 10.0 Å². The molecule has 0 atom stereocenters. The Morgan fingerprint density at radius 2 is 1.85 bits per heavy atom. The molecule has 0 spiro atoms. The number of rotatable bonds is 3. The van der Waals surface area contributed by atoms with Crippen molar-refractivity contribution in [3.8, 4) is 0 Å². The summed E-state index contributed by atoms with van der Waals surface area (Å²) in [6, 6.07) is 6.66. The summed E-state index contributed by atoms with van der Waals surface area (Å²) in [5.41, 5.74) is 0.993. The average Bonchev–Trinajstić information content (AvgIpc) is 2.61. The normalized spacial score (nSPS) is 17.5. The fourth-order valence-electron chi connectivity index (χ4n) is 1.97. The molecule has 0 aromatic heterocycles.